The van der Waals surface area contributed by atoms with Crippen molar-refractivity contribution in [2.45, 2.75) is 20.4 Å². The van der Waals surface area contributed by atoms with Gasteiger partial charge in [0.15, 0.2) is 0 Å². The second-order valence-electron chi connectivity index (χ2n) is 6.56. The third-order valence-corrected chi connectivity index (χ3v) is 4.56. The van der Waals surface area contributed by atoms with Gasteiger partial charge in [0.25, 0.3) is 5.89 Å². The summed E-state index contributed by atoms with van der Waals surface area (Å²) in [6.07, 6.45) is 0. The Morgan fingerprint density at radius 2 is 1.90 bits per heavy atom. The quantitative estimate of drug-likeness (QED) is 0.370. The van der Waals surface area contributed by atoms with Gasteiger partial charge in [-0.2, -0.15) is 10.1 Å². The lowest BCUT2D eigenvalue weighted by Gasteiger charge is -2.05. The fraction of sp³-hybridized carbons (Fsp3) is 0.150. The van der Waals surface area contributed by atoms with E-state index in [-0.39, 0.29) is 11.5 Å². The molecule has 0 aliphatic heterocycles. The second kappa shape index (κ2) is 7.27. The molecular formula is C20H16FN5O3. The highest BCUT2D eigenvalue weighted by Crippen LogP contribution is 2.25. The van der Waals surface area contributed by atoms with E-state index in [1.807, 2.05) is 24.3 Å². The molecule has 2 aromatic carbocycles. The zero-order chi connectivity index (χ0) is 20.5. The van der Waals surface area contributed by atoms with Gasteiger partial charge in [0.1, 0.15) is 17.2 Å². The summed E-state index contributed by atoms with van der Waals surface area (Å²) in [7, 11) is 0. The average Bonchev–Trinajstić information content (AvgIpc) is 3.28. The van der Waals surface area contributed by atoms with Crippen molar-refractivity contribution in [2.24, 2.45) is 0 Å². The van der Waals surface area contributed by atoms with E-state index >= 15 is 0 Å². The number of benzene rings is 2. The van der Waals surface area contributed by atoms with E-state index in [1.165, 1.54) is 12.1 Å². The highest BCUT2D eigenvalue weighted by molar-refractivity contribution is 5.60. The number of hydrogen-bond donors (Lipinski definition) is 0. The van der Waals surface area contributed by atoms with E-state index in [0.717, 1.165) is 5.56 Å². The molecule has 0 amide bonds. The maximum absolute atomic E-state index is 13.1. The van der Waals surface area contributed by atoms with Gasteiger partial charge in [-0.25, -0.2) is 4.39 Å². The Balaban J connectivity index is 1.61. The molecule has 0 aliphatic carbocycles. The molecule has 146 valence electrons. The molecule has 0 radical (unpaired) electrons. The largest absolute Gasteiger partial charge is 0.334 e. The minimum atomic E-state index is -0.417. The van der Waals surface area contributed by atoms with Crippen LogP contribution < -0.4 is 0 Å². The van der Waals surface area contributed by atoms with Crippen LogP contribution in [0.25, 0.3) is 22.8 Å². The molecule has 0 atom stereocenters. The van der Waals surface area contributed by atoms with Gasteiger partial charge in [0, 0.05) is 11.1 Å². The molecule has 0 aliphatic rings. The second-order valence-corrected chi connectivity index (χ2v) is 6.56. The monoisotopic (exact) mass is 393 g/mol. The molecule has 29 heavy (non-hydrogen) atoms. The number of rotatable bonds is 5. The van der Waals surface area contributed by atoms with Crippen molar-refractivity contribution in [1.82, 2.24) is 19.9 Å². The van der Waals surface area contributed by atoms with Crippen LogP contribution in [-0.2, 0) is 6.54 Å². The van der Waals surface area contributed by atoms with E-state index < -0.39 is 4.92 Å². The first-order chi connectivity index (χ1) is 13.9. The minimum absolute atomic E-state index is 0.0296. The van der Waals surface area contributed by atoms with Crippen molar-refractivity contribution < 1.29 is 13.8 Å². The van der Waals surface area contributed by atoms with Crippen molar-refractivity contribution in [3.05, 3.63) is 81.4 Å². The van der Waals surface area contributed by atoms with Crippen molar-refractivity contribution in [3.63, 3.8) is 0 Å². The van der Waals surface area contributed by atoms with E-state index in [0.29, 0.717) is 40.8 Å². The summed E-state index contributed by atoms with van der Waals surface area (Å²) in [5, 5.41) is 19.4. The first-order valence-electron chi connectivity index (χ1n) is 8.79. The predicted octanol–water partition coefficient (Wildman–Crippen LogP) is 4.31. The van der Waals surface area contributed by atoms with Crippen LogP contribution in [0.2, 0.25) is 0 Å². The SMILES string of the molecule is Cc1nn(Cc2cccc(-c3nc(-c4ccc(F)cc4)no3)c2)c(C)c1[N+](=O)[O-]. The molecule has 0 bridgehead atoms. The summed E-state index contributed by atoms with van der Waals surface area (Å²) in [4.78, 5) is 15.1. The van der Waals surface area contributed by atoms with Gasteiger partial charge < -0.3 is 4.52 Å². The Morgan fingerprint density at radius 3 is 2.59 bits per heavy atom. The van der Waals surface area contributed by atoms with Gasteiger partial charge in [-0.3, -0.25) is 14.8 Å². The summed E-state index contributed by atoms with van der Waals surface area (Å²) in [5.74, 6) is 0.347. The fourth-order valence-corrected chi connectivity index (χ4v) is 3.14. The lowest BCUT2D eigenvalue weighted by atomic mass is 10.1. The third-order valence-electron chi connectivity index (χ3n) is 4.56. The van der Waals surface area contributed by atoms with Crippen LogP contribution in [0.3, 0.4) is 0 Å². The van der Waals surface area contributed by atoms with Gasteiger partial charge in [0.2, 0.25) is 5.82 Å². The van der Waals surface area contributed by atoms with E-state index in [4.69, 9.17) is 4.52 Å². The molecule has 0 spiro atoms. The zero-order valence-corrected chi connectivity index (χ0v) is 15.7. The van der Waals surface area contributed by atoms with Gasteiger partial charge in [-0.1, -0.05) is 17.3 Å². The van der Waals surface area contributed by atoms with Crippen LogP contribution in [-0.4, -0.2) is 24.8 Å². The fourth-order valence-electron chi connectivity index (χ4n) is 3.14. The Kier molecular flexibility index (Phi) is 4.63. The van der Waals surface area contributed by atoms with Gasteiger partial charge in [-0.05, 0) is 55.8 Å². The van der Waals surface area contributed by atoms with Crippen LogP contribution >= 0.6 is 0 Å². The standard InChI is InChI=1S/C20H16FN5O3/c1-12-18(26(27)28)13(2)25(23-12)11-14-4-3-5-16(10-14)20-22-19(24-29-20)15-6-8-17(21)9-7-15/h3-10H,11H2,1-2H3. The average molecular weight is 393 g/mol. The Morgan fingerprint density at radius 1 is 1.14 bits per heavy atom. The Labute approximate surface area is 164 Å². The lowest BCUT2D eigenvalue weighted by molar-refractivity contribution is -0.386. The zero-order valence-electron chi connectivity index (χ0n) is 15.7. The van der Waals surface area contributed by atoms with Crippen molar-refractivity contribution >= 4 is 5.69 Å². The summed E-state index contributed by atoms with van der Waals surface area (Å²) >= 11 is 0. The van der Waals surface area contributed by atoms with E-state index in [1.54, 1.807) is 30.7 Å². The number of hydrogen-bond acceptors (Lipinski definition) is 6. The highest BCUT2D eigenvalue weighted by atomic mass is 19.1. The maximum atomic E-state index is 13.1. The molecule has 0 saturated heterocycles. The molecule has 0 N–H and O–H groups in total. The molecule has 9 heteroatoms. The summed E-state index contributed by atoms with van der Waals surface area (Å²) in [5.41, 5.74) is 3.14. The molecule has 4 rings (SSSR count). The molecule has 0 fully saturated rings. The van der Waals surface area contributed by atoms with Crippen LogP contribution in [0.5, 0.6) is 0 Å². The van der Waals surface area contributed by atoms with Crippen LogP contribution in [0.15, 0.2) is 53.1 Å². The number of aromatic nitrogens is 4. The molecular weight excluding hydrogens is 377 g/mol. The molecule has 8 nitrogen and oxygen atoms in total. The van der Waals surface area contributed by atoms with Crippen LogP contribution in [0.1, 0.15) is 17.0 Å². The number of nitro groups is 1. The summed E-state index contributed by atoms with van der Waals surface area (Å²) in [6, 6.07) is 13.3. The van der Waals surface area contributed by atoms with Crippen molar-refractivity contribution in [3.8, 4) is 22.8 Å². The van der Waals surface area contributed by atoms with Crippen LogP contribution in [0, 0.1) is 29.8 Å². The number of aryl methyl sites for hydroxylation is 1. The molecule has 0 unspecified atom stereocenters. The summed E-state index contributed by atoms with van der Waals surface area (Å²) < 4.78 is 20.0. The summed E-state index contributed by atoms with van der Waals surface area (Å²) in [6.45, 7) is 3.66. The molecule has 4 aromatic rings. The smallest absolute Gasteiger partial charge is 0.312 e. The highest BCUT2D eigenvalue weighted by Gasteiger charge is 2.21. The maximum Gasteiger partial charge on any atom is 0.312 e. The minimum Gasteiger partial charge on any atom is -0.334 e. The normalized spacial score (nSPS) is 11.0. The van der Waals surface area contributed by atoms with E-state index in [9.17, 15) is 14.5 Å². The van der Waals surface area contributed by atoms with Gasteiger partial charge in [-0.15, -0.1) is 0 Å². The van der Waals surface area contributed by atoms with Crippen molar-refractivity contribution in [2.75, 3.05) is 0 Å². The number of halogens is 1. The number of nitrogens with zero attached hydrogens (tertiary/aromatic N) is 5. The molecule has 2 aromatic heterocycles. The lowest BCUT2D eigenvalue weighted by Crippen LogP contribution is -2.04. The molecule has 0 saturated carbocycles. The Bertz CT molecular complexity index is 1200. The van der Waals surface area contributed by atoms with Gasteiger partial charge in [0.05, 0.1) is 11.5 Å². The third kappa shape index (κ3) is 3.62. The predicted molar refractivity (Wildman–Crippen MR) is 103 cm³/mol. The van der Waals surface area contributed by atoms with Crippen molar-refractivity contribution in [1.29, 1.82) is 0 Å². The first-order valence-corrected chi connectivity index (χ1v) is 8.79. The Hall–Kier alpha value is -3.88. The topological polar surface area (TPSA) is 99.9 Å². The van der Waals surface area contributed by atoms with E-state index in [2.05, 4.69) is 15.2 Å². The van der Waals surface area contributed by atoms with Gasteiger partial charge >= 0.3 is 5.69 Å². The first kappa shape index (κ1) is 18.5. The molecule has 2 heterocycles. The van der Waals surface area contributed by atoms with Crippen LogP contribution in [0.4, 0.5) is 10.1 Å².